The van der Waals surface area contributed by atoms with Crippen LogP contribution in [0, 0.1) is 27.3 Å². The van der Waals surface area contributed by atoms with Crippen molar-refractivity contribution in [2.24, 2.45) is 0 Å². The van der Waals surface area contributed by atoms with Crippen LogP contribution in [0.15, 0.2) is 42.5 Å². The number of nitro benzene ring substituents is 1. The van der Waals surface area contributed by atoms with Crippen molar-refractivity contribution < 1.29 is 18.8 Å². The Bertz CT molecular complexity index is 751. The Morgan fingerprint density at radius 3 is 2.48 bits per heavy atom. The third-order valence-electron chi connectivity index (χ3n) is 2.57. The number of hydrogen-bond acceptors (Lipinski definition) is 5. The molecule has 0 heterocycles. The van der Waals surface area contributed by atoms with Gasteiger partial charge in [-0.15, -0.1) is 0 Å². The van der Waals surface area contributed by atoms with Gasteiger partial charge in [0.15, 0.2) is 0 Å². The molecular formula is C14H7FN2O4. The van der Waals surface area contributed by atoms with Gasteiger partial charge < -0.3 is 4.74 Å². The number of esters is 1. The number of carbonyl (C=O) groups excluding carboxylic acids is 1. The lowest BCUT2D eigenvalue weighted by Gasteiger charge is -2.05. The average Bonchev–Trinajstić information content (AvgIpc) is 2.47. The first-order valence-corrected chi connectivity index (χ1v) is 5.67. The fourth-order valence-electron chi connectivity index (χ4n) is 1.56. The van der Waals surface area contributed by atoms with Crippen molar-refractivity contribution in [3.8, 4) is 11.8 Å². The van der Waals surface area contributed by atoms with Gasteiger partial charge in [0.25, 0.3) is 0 Å². The van der Waals surface area contributed by atoms with E-state index >= 15 is 0 Å². The minimum absolute atomic E-state index is 0.0903. The first-order chi connectivity index (χ1) is 10.0. The molecule has 21 heavy (non-hydrogen) atoms. The Morgan fingerprint density at radius 1 is 1.24 bits per heavy atom. The van der Waals surface area contributed by atoms with Crippen LogP contribution >= 0.6 is 0 Å². The van der Waals surface area contributed by atoms with Crippen LogP contribution < -0.4 is 4.74 Å². The van der Waals surface area contributed by atoms with Gasteiger partial charge in [-0.05, 0) is 30.3 Å². The van der Waals surface area contributed by atoms with Crippen LogP contribution in [-0.2, 0) is 0 Å². The molecule has 0 amide bonds. The Morgan fingerprint density at radius 2 is 1.90 bits per heavy atom. The SMILES string of the molecule is N#Cc1ccc(C(=O)Oc2cc(F)ccc2[N+](=O)[O-])cc1. The summed E-state index contributed by atoms with van der Waals surface area (Å²) in [5, 5.41) is 19.4. The number of nitriles is 1. The summed E-state index contributed by atoms with van der Waals surface area (Å²) in [4.78, 5) is 21.9. The van der Waals surface area contributed by atoms with Gasteiger partial charge in [-0.25, -0.2) is 9.18 Å². The summed E-state index contributed by atoms with van der Waals surface area (Å²) >= 11 is 0. The Labute approximate surface area is 118 Å². The molecule has 2 aromatic rings. The van der Waals surface area contributed by atoms with E-state index in [0.29, 0.717) is 5.56 Å². The molecule has 6 nitrogen and oxygen atoms in total. The molecule has 0 aromatic heterocycles. The summed E-state index contributed by atoms with van der Waals surface area (Å²) in [5.74, 6) is -2.12. The van der Waals surface area contributed by atoms with Crippen LogP contribution in [0.25, 0.3) is 0 Å². The number of hydrogen-bond donors (Lipinski definition) is 0. The van der Waals surface area contributed by atoms with Gasteiger partial charge in [0, 0.05) is 12.1 Å². The van der Waals surface area contributed by atoms with E-state index in [2.05, 4.69) is 0 Å². The summed E-state index contributed by atoms with van der Waals surface area (Å²) in [6, 6.07) is 9.94. The Hall–Kier alpha value is -3.27. The summed E-state index contributed by atoms with van der Waals surface area (Å²) in [6.07, 6.45) is 0. The number of nitrogens with zero attached hydrogens (tertiary/aromatic N) is 2. The number of benzene rings is 2. The van der Waals surface area contributed by atoms with E-state index < -0.39 is 28.1 Å². The number of carbonyl (C=O) groups is 1. The number of nitro groups is 1. The van der Waals surface area contributed by atoms with E-state index in [1.807, 2.05) is 6.07 Å². The van der Waals surface area contributed by atoms with Crippen LogP contribution in [0.2, 0.25) is 0 Å². The molecule has 0 aliphatic heterocycles. The van der Waals surface area contributed by atoms with Crippen molar-refractivity contribution in [2.75, 3.05) is 0 Å². The van der Waals surface area contributed by atoms with Gasteiger partial charge in [0.1, 0.15) is 5.82 Å². The number of halogens is 1. The maximum atomic E-state index is 13.1. The predicted molar refractivity (Wildman–Crippen MR) is 69.2 cm³/mol. The molecule has 0 bridgehead atoms. The Kier molecular flexibility index (Phi) is 3.90. The molecule has 104 valence electrons. The lowest BCUT2D eigenvalue weighted by molar-refractivity contribution is -0.385. The van der Waals surface area contributed by atoms with Crippen LogP contribution in [0.1, 0.15) is 15.9 Å². The third kappa shape index (κ3) is 3.19. The monoisotopic (exact) mass is 286 g/mol. The molecule has 0 atom stereocenters. The van der Waals surface area contributed by atoms with E-state index in [4.69, 9.17) is 10.00 Å². The molecule has 0 N–H and O–H groups in total. The lowest BCUT2D eigenvalue weighted by atomic mass is 10.1. The van der Waals surface area contributed by atoms with Gasteiger partial charge in [-0.2, -0.15) is 5.26 Å². The molecule has 0 saturated carbocycles. The fourth-order valence-corrected chi connectivity index (χ4v) is 1.56. The molecule has 0 aliphatic carbocycles. The molecule has 0 saturated heterocycles. The van der Waals surface area contributed by atoms with Gasteiger partial charge in [-0.3, -0.25) is 10.1 Å². The highest BCUT2D eigenvalue weighted by atomic mass is 19.1. The molecule has 0 spiro atoms. The van der Waals surface area contributed by atoms with E-state index in [1.54, 1.807) is 0 Å². The molecular weight excluding hydrogens is 279 g/mol. The van der Waals surface area contributed by atoms with E-state index in [9.17, 15) is 19.3 Å². The molecule has 2 aromatic carbocycles. The number of rotatable bonds is 3. The normalized spacial score (nSPS) is 9.71. The van der Waals surface area contributed by atoms with Gasteiger partial charge in [-0.1, -0.05) is 0 Å². The van der Waals surface area contributed by atoms with Crippen LogP contribution in [0.4, 0.5) is 10.1 Å². The molecule has 0 aliphatic rings. The molecule has 7 heteroatoms. The second-order valence-electron chi connectivity index (χ2n) is 3.95. The highest BCUT2D eigenvalue weighted by Gasteiger charge is 2.19. The van der Waals surface area contributed by atoms with E-state index in [0.717, 1.165) is 18.2 Å². The first-order valence-electron chi connectivity index (χ1n) is 5.67. The highest BCUT2D eigenvalue weighted by Crippen LogP contribution is 2.28. The minimum atomic E-state index is -0.881. The quantitative estimate of drug-likeness (QED) is 0.374. The average molecular weight is 286 g/mol. The summed E-state index contributed by atoms with van der Waals surface area (Å²) in [7, 11) is 0. The number of ether oxygens (including phenoxy) is 1. The maximum Gasteiger partial charge on any atom is 0.343 e. The second kappa shape index (κ2) is 5.79. The second-order valence-corrected chi connectivity index (χ2v) is 3.95. The zero-order valence-electron chi connectivity index (χ0n) is 10.4. The standard InChI is InChI=1S/C14H7FN2O4/c15-11-5-6-12(17(19)20)13(7-11)21-14(18)10-3-1-9(8-16)2-4-10/h1-7H. The van der Waals surface area contributed by atoms with Crippen LogP contribution in [0.5, 0.6) is 5.75 Å². The molecule has 0 fully saturated rings. The van der Waals surface area contributed by atoms with Crippen LogP contribution in [-0.4, -0.2) is 10.9 Å². The Balaban J connectivity index is 2.28. The topological polar surface area (TPSA) is 93.2 Å². The van der Waals surface area contributed by atoms with Gasteiger partial charge in [0.2, 0.25) is 5.75 Å². The summed E-state index contributed by atoms with van der Waals surface area (Å²) in [6.45, 7) is 0. The summed E-state index contributed by atoms with van der Waals surface area (Å²) < 4.78 is 18.0. The van der Waals surface area contributed by atoms with Crippen molar-refractivity contribution in [1.29, 1.82) is 5.26 Å². The van der Waals surface area contributed by atoms with Crippen LogP contribution in [0.3, 0.4) is 0 Å². The van der Waals surface area contributed by atoms with E-state index in [1.165, 1.54) is 24.3 Å². The molecule has 0 unspecified atom stereocenters. The van der Waals surface area contributed by atoms with Crippen molar-refractivity contribution in [1.82, 2.24) is 0 Å². The minimum Gasteiger partial charge on any atom is -0.415 e. The lowest BCUT2D eigenvalue weighted by Crippen LogP contribution is -2.10. The van der Waals surface area contributed by atoms with Crippen molar-refractivity contribution >= 4 is 11.7 Å². The van der Waals surface area contributed by atoms with Gasteiger partial charge in [0.05, 0.1) is 22.1 Å². The molecule has 2 rings (SSSR count). The largest absolute Gasteiger partial charge is 0.415 e. The van der Waals surface area contributed by atoms with Crippen molar-refractivity contribution in [3.05, 3.63) is 69.5 Å². The van der Waals surface area contributed by atoms with Crippen molar-refractivity contribution in [2.45, 2.75) is 0 Å². The fraction of sp³-hybridized carbons (Fsp3) is 0. The maximum absolute atomic E-state index is 13.1. The first kappa shape index (κ1) is 14.1. The zero-order valence-corrected chi connectivity index (χ0v) is 10.4. The third-order valence-corrected chi connectivity index (χ3v) is 2.57. The summed E-state index contributed by atoms with van der Waals surface area (Å²) in [5.41, 5.74) is -0.0748. The highest BCUT2D eigenvalue weighted by molar-refractivity contribution is 5.91. The zero-order chi connectivity index (χ0) is 15.4. The van der Waals surface area contributed by atoms with E-state index in [-0.39, 0.29) is 5.56 Å². The molecule has 0 radical (unpaired) electrons. The van der Waals surface area contributed by atoms with Crippen molar-refractivity contribution in [3.63, 3.8) is 0 Å². The van der Waals surface area contributed by atoms with Gasteiger partial charge >= 0.3 is 11.7 Å². The smallest absolute Gasteiger partial charge is 0.343 e. The predicted octanol–water partition coefficient (Wildman–Crippen LogP) is 2.82.